The Labute approximate surface area is 128 Å². The van der Waals surface area contributed by atoms with Gasteiger partial charge in [-0.15, -0.1) is 0 Å². The Bertz CT molecular complexity index is 158. The van der Waals surface area contributed by atoms with E-state index in [0.29, 0.717) is 0 Å². The molecule has 64 valence electrons. The van der Waals surface area contributed by atoms with Crippen molar-refractivity contribution < 1.29 is 76.6 Å². The van der Waals surface area contributed by atoms with E-state index in [-0.39, 0.29) is 63.2 Å². The fourth-order valence-electron chi connectivity index (χ4n) is 0. The maximum Gasteiger partial charge on any atom is 1.00 e. The fraction of sp³-hybridized carbons (Fsp3) is 1.00. The summed E-state index contributed by atoms with van der Waals surface area (Å²) in [6.45, 7) is 3.83. The average molecular weight is 250 g/mol. The van der Waals surface area contributed by atoms with Crippen LogP contribution in [-0.4, -0.2) is 21.6 Å². The van der Waals surface area contributed by atoms with E-state index in [1.165, 1.54) is 0 Å². The molecular formula is C3H8Na2O4S3. The largest absolute Gasteiger partial charge is 1.00 e. The van der Waals surface area contributed by atoms with Crippen LogP contribution in [0.5, 0.6) is 0 Å². The van der Waals surface area contributed by atoms with Gasteiger partial charge in [-0.05, 0) is 13.8 Å². The van der Waals surface area contributed by atoms with Crippen molar-refractivity contribution in [1.82, 2.24) is 0 Å². The Balaban J connectivity index is -0.0000000457. The third-order valence-electron chi connectivity index (χ3n) is 0. The van der Waals surface area contributed by atoms with E-state index in [4.69, 9.17) is 17.5 Å². The normalized spacial score (nSPS) is 9.83. The molecule has 0 heterocycles. The molecule has 0 rings (SSSR count). The summed E-state index contributed by atoms with van der Waals surface area (Å²) in [5.74, 6) is 0. The van der Waals surface area contributed by atoms with Crippen LogP contribution in [0.3, 0.4) is 0 Å². The Morgan fingerprint density at radius 2 is 1.08 bits per heavy atom. The van der Waals surface area contributed by atoms with Crippen molar-refractivity contribution >= 4 is 35.7 Å². The Kier molecular flexibility index (Phi) is 20.2. The topological polar surface area (TPSA) is 80.3 Å². The first-order chi connectivity index (χ1) is 4.00. The van der Waals surface area contributed by atoms with Crippen molar-refractivity contribution in [2.24, 2.45) is 0 Å². The van der Waals surface area contributed by atoms with E-state index in [1.807, 2.05) is 13.8 Å². The summed E-state index contributed by atoms with van der Waals surface area (Å²) < 4.78 is 34.0. The van der Waals surface area contributed by atoms with Gasteiger partial charge in [0.15, 0.2) is 0 Å². The van der Waals surface area contributed by atoms with Crippen LogP contribution in [0.25, 0.3) is 0 Å². The molecule has 0 amide bonds. The van der Waals surface area contributed by atoms with Gasteiger partial charge in [0.2, 0.25) is 0 Å². The second-order valence-electron chi connectivity index (χ2n) is 1.90. The molecule has 0 fully saturated rings. The summed E-state index contributed by atoms with van der Waals surface area (Å²) >= 11 is 7.97. The Hall–Kier alpha value is 2.57. The van der Waals surface area contributed by atoms with Gasteiger partial charge in [0.1, 0.15) is 0 Å². The molecule has 0 aliphatic rings. The van der Waals surface area contributed by atoms with E-state index in [9.17, 15) is 0 Å². The van der Waals surface area contributed by atoms with Gasteiger partial charge in [-0.1, -0.05) is 0 Å². The SMILES string of the molecule is CC(C)(S)S.O=S(=O)([O-])[O-].[Na+].[Na+]. The number of thiol groups is 2. The Morgan fingerprint density at radius 1 is 1.08 bits per heavy atom. The van der Waals surface area contributed by atoms with E-state index in [0.717, 1.165) is 0 Å². The van der Waals surface area contributed by atoms with Gasteiger partial charge in [-0.25, -0.2) is 0 Å². The molecule has 0 aromatic carbocycles. The maximum absolute atomic E-state index is 8.52. The third-order valence-corrected chi connectivity index (χ3v) is 0. The van der Waals surface area contributed by atoms with Crippen LogP contribution in [0, 0.1) is 0 Å². The van der Waals surface area contributed by atoms with Crippen molar-refractivity contribution in [3.63, 3.8) is 0 Å². The molecule has 0 saturated carbocycles. The summed E-state index contributed by atoms with van der Waals surface area (Å²) in [5, 5.41) is 0. The second-order valence-corrected chi connectivity index (χ2v) is 5.31. The smallest absolute Gasteiger partial charge is 0.759 e. The van der Waals surface area contributed by atoms with Crippen LogP contribution in [0.2, 0.25) is 0 Å². The first-order valence-corrected chi connectivity index (χ1v) is 4.34. The molecule has 0 aromatic heterocycles. The van der Waals surface area contributed by atoms with Crippen LogP contribution in [-0.2, 0) is 10.4 Å². The van der Waals surface area contributed by atoms with Crippen molar-refractivity contribution in [3.8, 4) is 0 Å². The van der Waals surface area contributed by atoms with Crippen molar-refractivity contribution in [1.29, 1.82) is 0 Å². The van der Waals surface area contributed by atoms with Gasteiger partial charge in [0.05, 0.1) is 0 Å². The van der Waals surface area contributed by atoms with Crippen molar-refractivity contribution in [3.05, 3.63) is 0 Å². The molecule has 0 N–H and O–H groups in total. The molecule has 9 heteroatoms. The number of hydrogen-bond donors (Lipinski definition) is 2. The number of hydrogen-bond acceptors (Lipinski definition) is 6. The predicted octanol–water partition coefficient (Wildman–Crippen LogP) is -5.75. The van der Waals surface area contributed by atoms with Crippen LogP contribution >= 0.6 is 25.3 Å². The molecule has 12 heavy (non-hydrogen) atoms. The summed E-state index contributed by atoms with van der Waals surface area (Å²) in [6.07, 6.45) is 0. The minimum atomic E-state index is -5.17. The van der Waals surface area contributed by atoms with E-state index in [2.05, 4.69) is 25.3 Å². The average Bonchev–Trinajstić information content (AvgIpc) is 1.12. The quantitative estimate of drug-likeness (QED) is 0.148. The summed E-state index contributed by atoms with van der Waals surface area (Å²) in [5.41, 5.74) is 0. The van der Waals surface area contributed by atoms with Gasteiger partial charge in [0.25, 0.3) is 0 Å². The maximum atomic E-state index is 8.52. The van der Waals surface area contributed by atoms with Gasteiger partial charge >= 0.3 is 59.1 Å². The van der Waals surface area contributed by atoms with Crippen LogP contribution in [0.15, 0.2) is 0 Å². The number of rotatable bonds is 0. The van der Waals surface area contributed by atoms with E-state index >= 15 is 0 Å². The molecule has 0 saturated heterocycles. The molecule has 0 aromatic rings. The molecule has 0 bridgehead atoms. The van der Waals surface area contributed by atoms with E-state index < -0.39 is 10.4 Å². The minimum Gasteiger partial charge on any atom is -0.759 e. The van der Waals surface area contributed by atoms with Crippen LogP contribution in [0.4, 0.5) is 0 Å². The first-order valence-electron chi connectivity index (χ1n) is 2.11. The van der Waals surface area contributed by atoms with Gasteiger partial charge in [-0.3, -0.25) is 8.42 Å². The monoisotopic (exact) mass is 250 g/mol. The molecule has 0 unspecified atom stereocenters. The zero-order chi connectivity index (χ0) is 9.00. The predicted molar refractivity (Wildman–Crippen MR) is 42.5 cm³/mol. The second kappa shape index (κ2) is 10.1. The molecule has 0 aliphatic carbocycles. The van der Waals surface area contributed by atoms with Gasteiger partial charge < -0.3 is 9.11 Å². The molecule has 0 radical (unpaired) electrons. The fourth-order valence-corrected chi connectivity index (χ4v) is 0. The summed E-state index contributed by atoms with van der Waals surface area (Å²) in [7, 11) is -5.17. The third kappa shape index (κ3) is 255. The van der Waals surface area contributed by atoms with Crippen LogP contribution in [0.1, 0.15) is 13.8 Å². The van der Waals surface area contributed by atoms with Gasteiger partial charge in [0, 0.05) is 14.5 Å². The van der Waals surface area contributed by atoms with Crippen LogP contribution < -0.4 is 59.1 Å². The molecular weight excluding hydrogens is 242 g/mol. The standard InChI is InChI=1S/C3H8S2.2Na.H2O4S/c1-3(2,4)5;;;1-5(2,3)4/h4-5H,1-2H3;;;(H2,1,2,3,4)/q;2*+1;/p-2. The molecule has 0 spiro atoms. The molecule has 0 aliphatic heterocycles. The van der Waals surface area contributed by atoms with E-state index in [1.54, 1.807) is 0 Å². The molecule has 0 atom stereocenters. The zero-order valence-corrected chi connectivity index (χ0v) is 14.0. The zero-order valence-electron chi connectivity index (χ0n) is 7.44. The minimum absolute atomic E-state index is 0. The van der Waals surface area contributed by atoms with Gasteiger partial charge in [-0.2, -0.15) is 25.3 Å². The first kappa shape index (κ1) is 24.0. The van der Waals surface area contributed by atoms with Crippen molar-refractivity contribution in [2.75, 3.05) is 0 Å². The Morgan fingerprint density at radius 3 is 1.08 bits per heavy atom. The summed E-state index contributed by atoms with van der Waals surface area (Å²) in [4.78, 5) is 0. The van der Waals surface area contributed by atoms with Crippen molar-refractivity contribution in [2.45, 2.75) is 17.9 Å². The summed E-state index contributed by atoms with van der Waals surface area (Å²) in [6, 6.07) is 0. The molecule has 4 nitrogen and oxygen atoms in total.